The molecule has 1 amide bonds. The Hall–Kier alpha value is -1.91. The minimum absolute atomic E-state index is 0.135. The number of carbonyl (C=O) groups is 1. The Balaban J connectivity index is 1.63. The van der Waals surface area contributed by atoms with Gasteiger partial charge < -0.3 is 10.2 Å². The molecule has 2 heterocycles. The fourth-order valence-corrected chi connectivity index (χ4v) is 4.65. The molecule has 1 N–H and O–H groups in total. The van der Waals surface area contributed by atoms with E-state index in [1.165, 1.54) is 41.3 Å². The number of benzene rings is 1. The van der Waals surface area contributed by atoms with E-state index in [4.69, 9.17) is 11.6 Å². The summed E-state index contributed by atoms with van der Waals surface area (Å²) in [7, 11) is 0. The van der Waals surface area contributed by atoms with Crippen molar-refractivity contribution < 1.29 is 9.72 Å². The van der Waals surface area contributed by atoms with Crippen molar-refractivity contribution in [2.45, 2.75) is 29.4 Å². The van der Waals surface area contributed by atoms with Crippen LogP contribution in [0.4, 0.5) is 16.5 Å². The number of carbonyl (C=O) groups excluding carboxylic acids is 1. The zero-order chi connectivity index (χ0) is 18.7. The van der Waals surface area contributed by atoms with Gasteiger partial charge in [0.15, 0.2) is 4.34 Å². The highest BCUT2D eigenvalue weighted by Crippen LogP contribution is 2.33. The molecule has 1 aliphatic heterocycles. The smallest absolute Gasteiger partial charge is 0.271 e. The van der Waals surface area contributed by atoms with Gasteiger partial charge >= 0.3 is 0 Å². The van der Waals surface area contributed by atoms with E-state index in [2.05, 4.69) is 20.4 Å². The van der Waals surface area contributed by atoms with Crippen molar-refractivity contribution in [3.63, 3.8) is 0 Å². The van der Waals surface area contributed by atoms with Crippen molar-refractivity contribution in [3.05, 3.63) is 33.3 Å². The molecule has 3 rings (SSSR count). The van der Waals surface area contributed by atoms with E-state index in [0.29, 0.717) is 4.34 Å². The van der Waals surface area contributed by atoms with Crippen molar-refractivity contribution in [1.29, 1.82) is 0 Å². The Morgan fingerprint density at radius 1 is 1.42 bits per heavy atom. The number of amides is 1. The van der Waals surface area contributed by atoms with Crippen LogP contribution in [0.5, 0.6) is 0 Å². The molecular formula is C15H16ClN5O3S2. The first-order chi connectivity index (χ1) is 12.4. The van der Waals surface area contributed by atoms with E-state index >= 15 is 0 Å². The summed E-state index contributed by atoms with van der Waals surface area (Å²) < 4.78 is 0.708. The standard InChI is InChI=1S/C15H16ClN5O3S2/c1-9(25-15-19-18-14(26-15)20-6-2-3-7-20)13(22)17-12-8-10(21(23)24)4-5-11(12)16/h4-5,8-9H,2-3,6-7H2,1H3,(H,17,22). The number of aromatic nitrogens is 2. The van der Waals surface area contributed by atoms with E-state index in [0.717, 1.165) is 31.1 Å². The number of nitro benzene ring substituents is 1. The molecule has 1 aliphatic rings. The molecule has 1 atom stereocenters. The summed E-state index contributed by atoms with van der Waals surface area (Å²) in [5.74, 6) is -0.310. The number of nitrogens with one attached hydrogen (secondary N) is 1. The molecule has 11 heteroatoms. The number of anilines is 2. The van der Waals surface area contributed by atoms with Gasteiger partial charge in [0.25, 0.3) is 5.69 Å². The van der Waals surface area contributed by atoms with Crippen LogP contribution < -0.4 is 10.2 Å². The topological polar surface area (TPSA) is 101 Å². The maximum atomic E-state index is 12.4. The van der Waals surface area contributed by atoms with Gasteiger partial charge in [-0.3, -0.25) is 14.9 Å². The van der Waals surface area contributed by atoms with Crippen LogP contribution in [0.25, 0.3) is 0 Å². The molecule has 0 bridgehead atoms. The molecule has 1 saturated heterocycles. The Kier molecular flexibility index (Phi) is 5.94. The van der Waals surface area contributed by atoms with Gasteiger partial charge in [0, 0.05) is 25.2 Å². The van der Waals surface area contributed by atoms with Crippen LogP contribution in [-0.2, 0) is 4.79 Å². The third-order valence-electron chi connectivity index (χ3n) is 3.84. The summed E-state index contributed by atoms with van der Waals surface area (Å²) in [4.78, 5) is 24.9. The van der Waals surface area contributed by atoms with Gasteiger partial charge in [0.05, 0.1) is 20.9 Å². The summed E-state index contributed by atoms with van der Waals surface area (Å²) in [5, 5.41) is 22.5. The predicted octanol–water partition coefficient (Wildman–Crippen LogP) is 3.82. The lowest BCUT2D eigenvalue weighted by Crippen LogP contribution is -2.22. The summed E-state index contributed by atoms with van der Waals surface area (Å²) in [6, 6.07) is 3.92. The monoisotopic (exact) mass is 413 g/mol. The largest absolute Gasteiger partial charge is 0.347 e. The SMILES string of the molecule is CC(Sc1nnc(N2CCCC2)s1)C(=O)Nc1cc([N+](=O)[O-])ccc1Cl. The third kappa shape index (κ3) is 4.43. The van der Waals surface area contributed by atoms with Gasteiger partial charge in [-0.25, -0.2) is 0 Å². The van der Waals surface area contributed by atoms with Crippen LogP contribution in [0.3, 0.4) is 0 Å². The molecule has 1 fully saturated rings. The second-order valence-corrected chi connectivity index (χ2v) is 8.67. The van der Waals surface area contributed by atoms with Crippen molar-refractivity contribution in [2.75, 3.05) is 23.3 Å². The Morgan fingerprint density at radius 3 is 2.85 bits per heavy atom. The van der Waals surface area contributed by atoms with E-state index in [1.54, 1.807) is 6.92 Å². The van der Waals surface area contributed by atoms with Crippen LogP contribution in [0, 0.1) is 10.1 Å². The van der Waals surface area contributed by atoms with Crippen molar-refractivity contribution in [3.8, 4) is 0 Å². The normalized spacial score (nSPS) is 15.1. The molecule has 2 aromatic rings. The quantitative estimate of drug-likeness (QED) is 0.436. The average Bonchev–Trinajstić information content (AvgIpc) is 3.27. The lowest BCUT2D eigenvalue weighted by Gasteiger charge is -2.12. The number of hydrogen-bond acceptors (Lipinski definition) is 8. The highest BCUT2D eigenvalue weighted by Gasteiger charge is 2.21. The molecule has 26 heavy (non-hydrogen) atoms. The molecule has 1 unspecified atom stereocenters. The molecule has 1 aromatic heterocycles. The first kappa shape index (κ1) is 18.9. The molecular weight excluding hydrogens is 398 g/mol. The van der Waals surface area contributed by atoms with Gasteiger partial charge in [-0.05, 0) is 25.8 Å². The average molecular weight is 414 g/mol. The summed E-state index contributed by atoms with van der Waals surface area (Å²) in [6.07, 6.45) is 2.32. The van der Waals surface area contributed by atoms with Crippen LogP contribution in [0.1, 0.15) is 19.8 Å². The fraction of sp³-hybridized carbons (Fsp3) is 0.400. The van der Waals surface area contributed by atoms with Crippen LogP contribution >= 0.6 is 34.7 Å². The van der Waals surface area contributed by atoms with Gasteiger partial charge in [-0.1, -0.05) is 34.7 Å². The van der Waals surface area contributed by atoms with Crippen LogP contribution in [0.15, 0.2) is 22.5 Å². The lowest BCUT2D eigenvalue weighted by atomic mass is 10.2. The fourth-order valence-electron chi connectivity index (χ4n) is 2.45. The molecule has 0 radical (unpaired) electrons. The zero-order valence-corrected chi connectivity index (χ0v) is 16.2. The number of nitrogens with zero attached hydrogens (tertiary/aromatic N) is 4. The second kappa shape index (κ2) is 8.19. The Bertz CT molecular complexity index is 825. The number of halogens is 1. The molecule has 0 saturated carbocycles. The first-order valence-corrected chi connectivity index (χ1v) is 10.0. The first-order valence-electron chi connectivity index (χ1n) is 7.94. The maximum Gasteiger partial charge on any atom is 0.271 e. The van der Waals surface area contributed by atoms with Crippen molar-refractivity contribution in [1.82, 2.24) is 10.2 Å². The minimum Gasteiger partial charge on any atom is -0.347 e. The van der Waals surface area contributed by atoms with E-state index in [1.807, 2.05) is 0 Å². The summed E-state index contributed by atoms with van der Waals surface area (Å²) in [5.41, 5.74) is 0.0812. The molecule has 0 aliphatic carbocycles. The summed E-state index contributed by atoms with van der Waals surface area (Å²) >= 11 is 8.78. The van der Waals surface area contributed by atoms with Crippen LogP contribution in [-0.4, -0.2) is 39.4 Å². The highest BCUT2D eigenvalue weighted by atomic mass is 35.5. The van der Waals surface area contributed by atoms with E-state index in [-0.39, 0.29) is 22.3 Å². The minimum atomic E-state index is -0.536. The molecule has 1 aromatic carbocycles. The zero-order valence-electron chi connectivity index (χ0n) is 13.8. The van der Waals surface area contributed by atoms with Crippen molar-refractivity contribution >= 4 is 57.1 Å². The third-order valence-corrected chi connectivity index (χ3v) is 6.34. The maximum absolute atomic E-state index is 12.4. The number of hydrogen-bond donors (Lipinski definition) is 1. The Morgan fingerprint density at radius 2 is 2.15 bits per heavy atom. The predicted molar refractivity (Wildman–Crippen MR) is 103 cm³/mol. The molecule has 138 valence electrons. The Labute approximate surface area is 163 Å². The number of non-ortho nitro benzene ring substituents is 1. The number of rotatable bonds is 6. The summed E-state index contributed by atoms with van der Waals surface area (Å²) in [6.45, 7) is 3.71. The lowest BCUT2D eigenvalue weighted by molar-refractivity contribution is -0.384. The van der Waals surface area contributed by atoms with Crippen molar-refractivity contribution in [2.24, 2.45) is 0 Å². The van der Waals surface area contributed by atoms with Gasteiger partial charge in [0.2, 0.25) is 11.0 Å². The van der Waals surface area contributed by atoms with Gasteiger partial charge in [-0.15, -0.1) is 10.2 Å². The second-order valence-electron chi connectivity index (χ2n) is 5.72. The molecule has 0 spiro atoms. The van der Waals surface area contributed by atoms with Crippen LogP contribution in [0.2, 0.25) is 5.02 Å². The number of nitro groups is 1. The number of thioether (sulfide) groups is 1. The van der Waals surface area contributed by atoms with Gasteiger partial charge in [-0.2, -0.15) is 0 Å². The van der Waals surface area contributed by atoms with E-state index < -0.39 is 10.2 Å². The highest BCUT2D eigenvalue weighted by molar-refractivity contribution is 8.02. The van der Waals surface area contributed by atoms with E-state index in [9.17, 15) is 14.9 Å². The molecule has 8 nitrogen and oxygen atoms in total. The van der Waals surface area contributed by atoms with Gasteiger partial charge in [0.1, 0.15) is 0 Å².